The number of aryl methyl sites for hydroxylation is 1. The van der Waals surface area contributed by atoms with Crippen molar-refractivity contribution in [2.24, 2.45) is 5.41 Å². The van der Waals surface area contributed by atoms with Crippen molar-refractivity contribution in [1.82, 2.24) is 5.16 Å². The van der Waals surface area contributed by atoms with Crippen LogP contribution in [-0.2, 0) is 10.5 Å². The second-order valence-corrected chi connectivity index (χ2v) is 5.48. The van der Waals surface area contributed by atoms with Crippen molar-refractivity contribution in [2.45, 2.75) is 31.9 Å². The van der Waals surface area contributed by atoms with E-state index in [9.17, 15) is 4.79 Å². The topological polar surface area (TPSA) is 63.3 Å². The van der Waals surface area contributed by atoms with Gasteiger partial charge >= 0.3 is 5.97 Å². The monoisotopic (exact) mass is 241 g/mol. The Hall–Kier alpha value is -0.970. The molecule has 5 heteroatoms. The molecule has 1 aliphatic carbocycles. The van der Waals surface area contributed by atoms with Gasteiger partial charge in [0.25, 0.3) is 0 Å². The highest BCUT2D eigenvalue weighted by Crippen LogP contribution is 2.51. The van der Waals surface area contributed by atoms with Crippen LogP contribution in [0.2, 0.25) is 0 Å². The quantitative estimate of drug-likeness (QED) is 0.829. The largest absolute Gasteiger partial charge is 0.481 e. The zero-order valence-electron chi connectivity index (χ0n) is 9.23. The van der Waals surface area contributed by atoms with Gasteiger partial charge in [0, 0.05) is 11.8 Å². The smallest absolute Gasteiger partial charge is 0.303 e. The molecule has 2 rings (SSSR count). The number of nitrogens with zero attached hydrogens (tertiary/aromatic N) is 1. The summed E-state index contributed by atoms with van der Waals surface area (Å²) in [7, 11) is 0. The standard InChI is InChI=1S/C11H15NO3S/c1-8-4-9(12-15-8)6-16-7-11(2-3-11)5-10(13)14/h4H,2-3,5-7H2,1H3,(H,13,14). The van der Waals surface area contributed by atoms with E-state index in [1.807, 2.05) is 13.0 Å². The van der Waals surface area contributed by atoms with Crippen LogP contribution in [-0.4, -0.2) is 22.0 Å². The molecule has 0 unspecified atom stereocenters. The first-order valence-electron chi connectivity index (χ1n) is 5.31. The van der Waals surface area contributed by atoms with Gasteiger partial charge in [-0.15, -0.1) is 0 Å². The third-order valence-corrected chi connectivity index (χ3v) is 4.13. The molecule has 1 fully saturated rings. The van der Waals surface area contributed by atoms with E-state index in [1.54, 1.807) is 11.8 Å². The Morgan fingerprint density at radius 1 is 1.69 bits per heavy atom. The van der Waals surface area contributed by atoms with Crippen molar-refractivity contribution < 1.29 is 14.4 Å². The summed E-state index contributed by atoms with van der Waals surface area (Å²) in [6.45, 7) is 1.87. The average molecular weight is 241 g/mol. The summed E-state index contributed by atoms with van der Waals surface area (Å²) in [6.07, 6.45) is 2.39. The number of carbonyl (C=O) groups is 1. The van der Waals surface area contributed by atoms with Gasteiger partial charge in [0.2, 0.25) is 0 Å². The molecule has 0 aliphatic heterocycles. The molecule has 0 bridgehead atoms. The van der Waals surface area contributed by atoms with Crippen molar-refractivity contribution in [3.8, 4) is 0 Å². The molecule has 0 radical (unpaired) electrons. The molecule has 1 heterocycles. The molecule has 0 spiro atoms. The van der Waals surface area contributed by atoms with Crippen molar-refractivity contribution in [3.05, 3.63) is 17.5 Å². The molecule has 16 heavy (non-hydrogen) atoms. The second-order valence-electron chi connectivity index (χ2n) is 4.49. The van der Waals surface area contributed by atoms with Gasteiger partial charge in [-0.25, -0.2) is 0 Å². The molecule has 1 aromatic rings. The number of carboxylic acids is 1. The van der Waals surface area contributed by atoms with Gasteiger partial charge in [-0.2, -0.15) is 11.8 Å². The molecule has 1 aliphatic rings. The lowest BCUT2D eigenvalue weighted by atomic mass is 10.1. The first-order valence-corrected chi connectivity index (χ1v) is 6.47. The molecule has 4 nitrogen and oxygen atoms in total. The van der Waals surface area contributed by atoms with Crippen molar-refractivity contribution in [2.75, 3.05) is 5.75 Å². The maximum atomic E-state index is 10.7. The summed E-state index contributed by atoms with van der Waals surface area (Å²) < 4.78 is 4.97. The van der Waals surface area contributed by atoms with Crippen LogP contribution in [0.25, 0.3) is 0 Å². The Morgan fingerprint density at radius 3 is 2.94 bits per heavy atom. The first-order chi connectivity index (χ1) is 7.60. The SMILES string of the molecule is Cc1cc(CSCC2(CC(=O)O)CC2)no1. The van der Waals surface area contributed by atoms with Crippen molar-refractivity contribution >= 4 is 17.7 Å². The lowest BCUT2D eigenvalue weighted by Crippen LogP contribution is -2.11. The van der Waals surface area contributed by atoms with E-state index in [-0.39, 0.29) is 5.41 Å². The van der Waals surface area contributed by atoms with Crippen LogP contribution in [0.4, 0.5) is 0 Å². The summed E-state index contributed by atoms with van der Waals surface area (Å²) >= 11 is 1.75. The van der Waals surface area contributed by atoms with Gasteiger partial charge < -0.3 is 9.63 Å². The number of aliphatic carboxylic acids is 1. The molecular weight excluding hydrogens is 226 g/mol. The normalized spacial score (nSPS) is 17.3. The molecule has 0 atom stereocenters. The predicted octanol–water partition coefficient (Wildman–Crippen LogP) is 2.47. The highest BCUT2D eigenvalue weighted by atomic mass is 32.2. The van der Waals surface area contributed by atoms with Gasteiger partial charge in [0.15, 0.2) is 0 Å². The van der Waals surface area contributed by atoms with Gasteiger partial charge in [0.1, 0.15) is 5.76 Å². The molecule has 1 aromatic heterocycles. The maximum Gasteiger partial charge on any atom is 0.303 e. The van der Waals surface area contributed by atoms with Crippen LogP contribution in [0.1, 0.15) is 30.7 Å². The number of thioether (sulfide) groups is 1. The Labute approximate surface area is 98.4 Å². The van der Waals surface area contributed by atoms with Gasteiger partial charge in [0.05, 0.1) is 12.1 Å². The van der Waals surface area contributed by atoms with E-state index in [0.717, 1.165) is 35.8 Å². The van der Waals surface area contributed by atoms with Crippen LogP contribution in [0.15, 0.2) is 10.6 Å². The summed E-state index contributed by atoms with van der Waals surface area (Å²) in [6, 6.07) is 1.92. The molecule has 1 saturated carbocycles. The molecule has 0 saturated heterocycles. The Bertz CT molecular complexity index is 384. The van der Waals surface area contributed by atoms with Crippen LogP contribution in [0.3, 0.4) is 0 Å². The zero-order chi connectivity index (χ0) is 11.6. The van der Waals surface area contributed by atoms with Crippen molar-refractivity contribution in [3.63, 3.8) is 0 Å². The minimum Gasteiger partial charge on any atom is -0.481 e. The highest BCUT2D eigenvalue weighted by Gasteiger charge is 2.44. The van der Waals surface area contributed by atoms with Crippen LogP contribution < -0.4 is 0 Å². The van der Waals surface area contributed by atoms with E-state index in [2.05, 4.69) is 5.16 Å². The predicted molar refractivity (Wildman–Crippen MR) is 61.3 cm³/mol. The number of carboxylic acid groups (broad SMARTS) is 1. The van der Waals surface area contributed by atoms with Crippen LogP contribution in [0.5, 0.6) is 0 Å². The lowest BCUT2D eigenvalue weighted by molar-refractivity contribution is -0.138. The average Bonchev–Trinajstić information content (AvgIpc) is 2.80. The fourth-order valence-electron chi connectivity index (χ4n) is 1.73. The fourth-order valence-corrected chi connectivity index (χ4v) is 3.00. The number of aromatic nitrogens is 1. The molecule has 88 valence electrons. The third kappa shape index (κ3) is 3.01. The minimum atomic E-state index is -0.685. The van der Waals surface area contributed by atoms with Gasteiger partial charge in [-0.05, 0) is 30.9 Å². The second kappa shape index (κ2) is 4.49. The van der Waals surface area contributed by atoms with Crippen LogP contribution in [0, 0.1) is 12.3 Å². The van der Waals surface area contributed by atoms with E-state index >= 15 is 0 Å². The van der Waals surface area contributed by atoms with Crippen LogP contribution >= 0.6 is 11.8 Å². The zero-order valence-corrected chi connectivity index (χ0v) is 10.0. The summed E-state index contributed by atoms with van der Waals surface area (Å²) in [5.41, 5.74) is 1.00. The Balaban J connectivity index is 1.74. The number of hydrogen-bond donors (Lipinski definition) is 1. The molecule has 0 amide bonds. The Kier molecular flexibility index (Phi) is 3.23. The van der Waals surface area contributed by atoms with Gasteiger partial charge in [-0.1, -0.05) is 5.16 Å². The third-order valence-electron chi connectivity index (χ3n) is 2.82. The maximum absolute atomic E-state index is 10.7. The van der Waals surface area contributed by atoms with E-state index in [1.165, 1.54) is 0 Å². The number of hydrogen-bond acceptors (Lipinski definition) is 4. The van der Waals surface area contributed by atoms with Gasteiger partial charge in [-0.3, -0.25) is 4.79 Å². The van der Waals surface area contributed by atoms with E-state index < -0.39 is 5.97 Å². The van der Waals surface area contributed by atoms with Crippen molar-refractivity contribution in [1.29, 1.82) is 0 Å². The summed E-state index contributed by atoms with van der Waals surface area (Å²) in [4.78, 5) is 10.7. The molecule has 1 N–H and O–H groups in total. The number of rotatable bonds is 6. The lowest BCUT2D eigenvalue weighted by Gasteiger charge is -2.10. The van der Waals surface area contributed by atoms with E-state index in [4.69, 9.17) is 9.63 Å². The molecular formula is C11H15NO3S. The first kappa shape index (κ1) is 11.5. The highest BCUT2D eigenvalue weighted by molar-refractivity contribution is 7.98. The Morgan fingerprint density at radius 2 is 2.44 bits per heavy atom. The fraction of sp³-hybridized carbons (Fsp3) is 0.636. The molecule has 0 aromatic carbocycles. The summed E-state index contributed by atoms with van der Waals surface area (Å²) in [5.74, 6) is 1.85. The summed E-state index contributed by atoms with van der Waals surface area (Å²) in [5, 5.41) is 12.7. The van der Waals surface area contributed by atoms with E-state index in [0.29, 0.717) is 6.42 Å². The minimum absolute atomic E-state index is 0.0648.